The van der Waals surface area contributed by atoms with Crippen LogP contribution in [0.4, 0.5) is 0 Å². The fraction of sp³-hybridized carbons (Fsp3) is 0.389. The first kappa shape index (κ1) is 18.5. The standard InChI is InChI=1S/C18H22N2O5/c1-10-6-7-14(25-10)8-20(5)15(22)9-24-18(23)17-11(2)16(13(4)21)12(3)19-17/h6-7,19H,8-9H2,1-5H3. The van der Waals surface area contributed by atoms with E-state index in [-0.39, 0.29) is 24.0 Å². The highest BCUT2D eigenvalue weighted by Crippen LogP contribution is 2.19. The molecule has 2 heterocycles. The number of ether oxygens (including phenoxy) is 1. The molecule has 7 nitrogen and oxygen atoms in total. The van der Waals surface area contributed by atoms with Crippen molar-refractivity contribution in [2.75, 3.05) is 13.7 Å². The monoisotopic (exact) mass is 346 g/mol. The number of hydrogen-bond donors (Lipinski definition) is 1. The van der Waals surface area contributed by atoms with E-state index < -0.39 is 5.97 Å². The molecule has 0 unspecified atom stereocenters. The van der Waals surface area contributed by atoms with Crippen molar-refractivity contribution in [2.24, 2.45) is 0 Å². The molecule has 25 heavy (non-hydrogen) atoms. The summed E-state index contributed by atoms with van der Waals surface area (Å²) in [6.07, 6.45) is 0. The summed E-state index contributed by atoms with van der Waals surface area (Å²) in [6.45, 7) is 6.55. The highest BCUT2D eigenvalue weighted by molar-refractivity contribution is 6.01. The number of amides is 1. The summed E-state index contributed by atoms with van der Waals surface area (Å²) in [4.78, 5) is 40.2. The maximum Gasteiger partial charge on any atom is 0.355 e. The molecule has 0 radical (unpaired) electrons. The van der Waals surface area contributed by atoms with Gasteiger partial charge in [-0.1, -0.05) is 0 Å². The van der Waals surface area contributed by atoms with Gasteiger partial charge in [0.15, 0.2) is 12.4 Å². The van der Waals surface area contributed by atoms with Crippen LogP contribution < -0.4 is 0 Å². The van der Waals surface area contributed by atoms with Crippen LogP contribution in [-0.4, -0.2) is 41.2 Å². The first-order chi connectivity index (χ1) is 11.7. The third-order valence-electron chi connectivity index (χ3n) is 3.94. The van der Waals surface area contributed by atoms with Gasteiger partial charge in [0, 0.05) is 18.3 Å². The number of nitrogens with zero attached hydrogens (tertiary/aromatic N) is 1. The van der Waals surface area contributed by atoms with E-state index in [1.54, 1.807) is 27.0 Å². The maximum atomic E-state index is 12.2. The predicted octanol–water partition coefficient (Wildman–Crippen LogP) is 2.55. The van der Waals surface area contributed by atoms with Gasteiger partial charge < -0.3 is 19.0 Å². The van der Waals surface area contributed by atoms with Crippen molar-refractivity contribution in [2.45, 2.75) is 34.2 Å². The molecule has 0 aliphatic rings. The number of nitrogens with one attached hydrogen (secondary N) is 1. The lowest BCUT2D eigenvalue weighted by Gasteiger charge is -2.15. The van der Waals surface area contributed by atoms with Gasteiger partial charge in [0.2, 0.25) is 0 Å². The number of Topliss-reactive ketones (excluding diaryl/α,β-unsaturated/α-hetero) is 1. The molecule has 0 aliphatic carbocycles. The molecule has 7 heteroatoms. The largest absolute Gasteiger partial charge is 0.464 e. The smallest absolute Gasteiger partial charge is 0.355 e. The van der Waals surface area contributed by atoms with Crippen molar-refractivity contribution in [3.8, 4) is 0 Å². The van der Waals surface area contributed by atoms with Gasteiger partial charge in [-0.2, -0.15) is 0 Å². The van der Waals surface area contributed by atoms with E-state index in [0.717, 1.165) is 5.76 Å². The fourth-order valence-electron chi connectivity index (χ4n) is 2.68. The van der Waals surface area contributed by atoms with Crippen LogP contribution in [0.2, 0.25) is 0 Å². The second kappa shape index (κ2) is 7.38. The Morgan fingerprint density at radius 1 is 1.20 bits per heavy atom. The summed E-state index contributed by atoms with van der Waals surface area (Å²) in [7, 11) is 1.60. The Hall–Kier alpha value is -2.83. The van der Waals surface area contributed by atoms with Crippen LogP contribution in [0.3, 0.4) is 0 Å². The molecule has 0 aliphatic heterocycles. The number of aromatic nitrogens is 1. The third kappa shape index (κ3) is 4.17. The Morgan fingerprint density at radius 2 is 1.88 bits per heavy atom. The fourth-order valence-corrected chi connectivity index (χ4v) is 2.68. The second-order valence-electron chi connectivity index (χ2n) is 6.02. The highest BCUT2D eigenvalue weighted by atomic mass is 16.5. The average molecular weight is 346 g/mol. The number of esters is 1. The minimum Gasteiger partial charge on any atom is -0.464 e. The average Bonchev–Trinajstić information content (AvgIpc) is 3.07. The molecule has 134 valence electrons. The normalized spacial score (nSPS) is 10.6. The Kier molecular flexibility index (Phi) is 5.46. The molecule has 1 N–H and O–H groups in total. The third-order valence-corrected chi connectivity index (χ3v) is 3.94. The van der Waals surface area contributed by atoms with Crippen LogP contribution in [0.15, 0.2) is 16.5 Å². The van der Waals surface area contributed by atoms with Crippen molar-refractivity contribution in [3.05, 3.63) is 46.2 Å². The Labute approximate surface area is 145 Å². The first-order valence-corrected chi connectivity index (χ1v) is 7.87. The second-order valence-corrected chi connectivity index (χ2v) is 6.02. The zero-order valence-electron chi connectivity index (χ0n) is 15.1. The van der Waals surface area contributed by atoms with Crippen molar-refractivity contribution >= 4 is 17.7 Å². The van der Waals surface area contributed by atoms with Crippen LogP contribution in [0, 0.1) is 20.8 Å². The van der Waals surface area contributed by atoms with Crippen LogP contribution in [-0.2, 0) is 16.1 Å². The summed E-state index contributed by atoms with van der Waals surface area (Å²) < 4.78 is 10.5. The molecule has 2 rings (SSSR count). The summed E-state index contributed by atoms with van der Waals surface area (Å²) in [5, 5.41) is 0. The van der Waals surface area contributed by atoms with E-state index in [1.165, 1.54) is 11.8 Å². The summed E-state index contributed by atoms with van der Waals surface area (Å²) >= 11 is 0. The Bertz CT molecular complexity index is 816. The van der Waals surface area contributed by atoms with Crippen LogP contribution >= 0.6 is 0 Å². The number of carbonyl (C=O) groups is 3. The number of likely N-dealkylation sites (N-methyl/N-ethyl adjacent to an activating group) is 1. The van der Waals surface area contributed by atoms with Crippen LogP contribution in [0.25, 0.3) is 0 Å². The number of ketones is 1. The lowest BCUT2D eigenvalue weighted by molar-refractivity contribution is -0.134. The summed E-state index contributed by atoms with van der Waals surface area (Å²) in [6, 6.07) is 3.61. The molecule has 0 atom stereocenters. The molecule has 0 saturated carbocycles. The highest BCUT2D eigenvalue weighted by Gasteiger charge is 2.22. The lowest BCUT2D eigenvalue weighted by atomic mass is 10.1. The van der Waals surface area contributed by atoms with E-state index >= 15 is 0 Å². The maximum absolute atomic E-state index is 12.2. The van der Waals surface area contributed by atoms with Crippen molar-refractivity contribution < 1.29 is 23.5 Å². The number of H-pyrrole nitrogens is 1. The van der Waals surface area contributed by atoms with Gasteiger partial charge in [-0.3, -0.25) is 9.59 Å². The zero-order valence-corrected chi connectivity index (χ0v) is 15.1. The minimum atomic E-state index is -0.663. The van der Waals surface area contributed by atoms with Gasteiger partial charge in [-0.25, -0.2) is 4.79 Å². The molecule has 0 bridgehead atoms. The van der Waals surface area contributed by atoms with Gasteiger partial charge in [-0.05, 0) is 45.4 Å². The molecular formula is C18H22N2O5. The Morgan fingerprint density at radius 3 is 2.40 bits per heavy atom. The lowest BCUT2D eigenvalue weighted by Crippen LogP contribution is -2.30. The van der Waals surface area contributed by atoms with E-state index in [2.05, 4.69) is 4.98 Å². The van der Waals surface area contributed by atoms with Gasteiger partial charge in [0.25, 0.3) is 5.91 Å². The van der Waals surface area contributed by atoms with Gasteiger partial charge in [0.1, 0.15) is 17.2 Å². The minimum absolute atomic E-state index is 0.130. The summed E-state index contributed by atoms with van der Waals surface area (Å²) in [5.41, 5.74) is 1.80. The predicted molar refractivity (Wildman–Crippen MR) is 90.5 cm³/mol. The van der Waals surface area contributed by atoms with Crippen LogP contribution in [0.1, 0.15) is 50.5 Å². The van der Waals surface area contributed by atoms with Crippen LogP contribution in [0.5, 0.6) is 0 Å². The first-order valence-electron chi connectivity index (χ1n) is 7.87. The van der Waals surface area contributed by atoms with E-state index in [1.807, 2.05) is 13.0 Å². The number of furan rings is 1. The van der Waals surface area contributed by atoms with Gasteiger partial charge >= 0.3 is 5.97 Å². The summed E-state index contributed by atoms with van der Waals surface area (Å²) in [5.74, 6) is 0.274. The van der Waals surface area contributed by atoms with Crippen molar-refractivity contribution in [1.82, 2.24) is 9.88 Å². The van der Waals surface area contributed by atoms with E-state index in [9.17, 15) is 14.4 Å². The molecular weight excluding hydrogens is 324 g/mol. The number of carbonyl (C=O) groups excluding carboxylic acids is 3. The van der Waals surface area contributed by atoms with Crippen molar-refractivity contribution in [1.29, 1.82) is 0 Å². The van der Waals surface area contributed by atoms with Gasteiger partial charge in [-0.15, -0.1) is 0 Å². The van der Waals surface area contributed by atoms with Crippen molar-refractivity contribution in [3.63, 3.8) is 0 Å². The number of aromatic amines is 1. The van der Waals surface area contributed by atoms with E-state index in [0.29, 0.717) is 29.1 Å². The molecule has 2 aromatic heterocycles. The molecule has 0 spiro atoms. The quantitative estimate of drug-likeness (QED) is 0.641. The molecule has 0 saturated heterocycles. The van der Waals surface area contributed by atoms with E-state index in [4.69, 9.17) is 9.15 Å². The van der Waals surface area contributed by atoms with Gasteiger partial charge in [0.05, 0.1) is 6.54 Å². The topological polar surface area (TPSA) is 92.6 Å². The number of aryl methyl sites for hydroxylation is 2. The zero-order chi connectivity index (χ0) is 18.7. The number of hydrogen-bond acceptors (Lipinski definition) is 5. The molecule has 2 aromatic rings. The number of rotatable bonds is 6. The Balaban J connectivity index is 1.96. The molecule has 1 amide bonds. The SMILES string of the molecule is CC(=O)c1c(C)[nH]c(C(=O)OCC(=O)N(C)Cc2ccc(C)o2)c1C. The molecule has 0 fully saturated rings. The molecule has 0 aromatic carbocycles.